The minimum atomic E-state index is -0.274. The van der Waals surface area contributed by atoms with Gasteiger partial charge in [0.1, 0.15) is 11.3 Å². The highest BCUT2D eigenvalue weighted by atomic mass is 16.5. The number of carbonyl (C=O) groups excluding carboxylic acids is 2. The average Bonchev–Trinajstić information content (AvgIpc) is 3.40. The fourth-order valence-electron chi connectivity index (χ4n) is 6.13. The van der Waals surface area contributed by atoms with Gasteiger partial charge in [0.05, 0.1) is 24.3 Å². The summed E-state index contributed by atoms with van der Waals surface area (Å²) in [5.74, 6) is 0.524. The molecule has 1 N–H and O–H groups in total. The molecule has 2 aliphatic rings. The van der Waals surface area contributed by atoms with Crippen molar-refractivity contribution in [2.24, 2.45) is 0 Å². The predicted molar refractivity (Wildman–Crippen MR) is 136 cm³/mol. The van der Waals surface area contributed by atoms with Gasteiger partial charge in [-0.05, 0) is 42.9 Å². The minimum absolute atomic E-state index is 0.0200. The maximum absolute atomic E-state index is 13.4. The molecule has 1 spiro atoms. The third kappa shape index (κ3) is 4.11. The molecular weight excluding hydrogens is 454 g/mol. The first-order valence-corrected chi connectivity index (χ1v) is 12.7. The molecular formula is C29H33N3O4. The van der Waals surface area contributed by atoms with Gasteiger partial charge in [0, 0.05) is 25.6 Å². The zero-order chi connectivity index (χ0) is 25.3. The Bertz CT molecular complexity index is 1240. The highest BCUT2D eigenvalue weighted by Gasteiger charge is 2.54. The van der Waals surface area contributed by atoms with Crippen LogP contribution >= 0.6 is 0 Å². The topological polar surface area (TPSA) is 84.7 Å². The van der Waals surface area contributed by atoms with Crippen molar-refractivity contribution in [3.63, 3.8) is 0 Å². The van der Waals surface area contributed by atoms with E-state index < -0.39 is 0 Å². The molecule has 1 fully saturated rings. The van der Waals surface area contributed by atoms with Crippen LogP contribution in [0.4, 0.5) is 0 Å². The predicted octanol–water partition coefficient (Wildman–Crippen LogP) is 4.15. The maximum Gasteiger partial charge on any atom is 0.259 e. The first kappa shape index (κ1) is 24.3. The molecule has 0 saturated carbocycles. The fourth-order valence-corrected chi connectivity index (χ4v) is 6.13. The van der Waals surface area contributed by atoms with Crippen molar-refractivity contribution in [3.8, 4) is 0 Å². The molecule has 36 heavy (non-hydrogen) atoms. The van der Waals surface area contributed by atoms with Gasteiger partial charge in [0.25, 0.3) is 5.91 Å². The second-order valence-corrected chi connectivity index (χ2v) is 9.81. The van der Waals surface area contributed by atoms with E-state index in [1.807, 2.05) is 54.3 Å². The Morgan fingerprint density at radius 1 is 1.11 bits per heavy atom. The van der Waals surface area contributed by atoms with Gasteiger partial charge in [-0.3, -0.25) is 9.59 Å². The van der Waals surface area contributed by atoms with Crippen molar-refractivity contribution in [1.82, 2.24) is 15.4 Å². The Morgan fingerprint density at radius 3 is 2.50 bits per heavy atom. The van der Waals surface area contributed by atoms with E-state index in [0.717, 1.165) is 24.0 Å². The van der Waals surface area contributed by atoms with E-state index in [4.69, 9.17) is 9.26 Å². The average molecular weight is 488 g/mol. The van der Waals surface area contributed by atoms with Gasteiger partial charge in [0.2, 0.25) is 5.91 Å². The monoisotopic (exact) mass is 487 g/mol. The molecule has 0 unspecified atom stereocenters. The molecule has 3 aromatic rings. The zero-order valence-corrected chi connectivity index (χ0v) is 21.1. The lowest BCUT2D eigenvalue weighted by molar-refractivity contribution is -0.122. The third-order valence-corrected chi connectivity index (χ3v) is 7.88. The lowest BCUT2D eigenvalue weighted by Gasteiger charge is -2.44. The van der Waals surface area contributed by atoms with Crippen LogP contribution in [0.5, 0.6) is 0 Å². The smallest absolute Gasteiger partial charge is 0.259 e. The van der Waals surface area contributed by atoms with Crippen LogP contribution in [0.15, 0.2) is 59.1 Å². The summed E-state index contributed by atoms with van der Waals surface area (Å²) in [5, 5.41) is 7.33. The molecule has 2 atom stereocenters. The number of piperidine rings is 1. The summed E-state index contributed by atoms with van der Waals surface area (Å²) in [7, 11) is 1.72. The van der Waals surface area contributed by atoms with Gasteiger partial charge in [-0.25, -0.2) is 0 Å². The summed E-state index contributed by atoms with van der Waals surface area (Å²) >= 11 is 0. The number of amides is 2. The third-order valence-electron chi connectivity index (χ3n) is 7.88. The van der Waals surface area contributed by atoms with Crippen LogP contribution in [-0.2, 0) is 27.8 Å². The van der Waals surface area contributed by atoms with Crippen LogP contribution in [-0.4, -0.2) is 48.2 Å². The summed E-state index contributed by atoms with van der Waals surface area (Å²) in [6.45, 7) is 4.98. The molecule has 7 nitrogen and oxygen atoms in total. The van der Waals surface area contributed by atoms with Crippen LogP contribution in [0.3, 0.4) is 0 Å². The molecule has 1 saturated heterocycles. The summed E-state index contributed by atoms with van der Waals surface area (Å²) in [5.41, 5.74) is 4.32. The SMILES string of the molecule is CCc1noc(C)c1C(=O)N1CCC2(CC1)c1ccccc1[C@@H](NC(=O)Cc1ccccc1)[C@@H]2OC. The highest BCUT2D eigenvalue weighted by Crippen LogP contribution is 2.52. The Balaban J connectivity index is 1.37. The molecule has 0 bridgehead atoms. The van der Waals surface area contributed by atoms with E-state index in [1.165, 1.54) is 5.56 Å². The van der Waals surface area contributed by atoms with Crippen LogP contribution in [0.2, 0.25) is 0 Å². The van der Waals surface area contributed by atoms with Crippen molar-refractivity contribution >= 4 is 11.8 Å². The summed E-state index contributed by atoms with van der Waals surface area (Å²) in [4.78, 5) is 28.3. The van der Waals surface area contributed by atoms with Crippen LogP contribution in [0, 0.1) is 6.92 Å². The van der Waals surface area contributed by atoms with Crippen molar-refractivity contribution in [2.45, 2.75) is 57.1 Å². The number of hydrogen-bond donors (Lipinski definition) is 1. The number of nitrogens with zero attached hydrogens (tertiary/aromatic N) is 2. The molecule has 2 amide bonds. The normalized spacial score (nSPS) is 20.4. The summed E-state index contributed by atoms with van der Waals surface area (Å²) in [6.07, 6.45) is 2.27. The first-order chi connectivity index (χ1) is 17.5. The Kier molecular flexibility index (Phi) is 6.67. The van der Waals surface area contributed by atoms with Crippen molar-refractivity contribution in [1.29, 1.82) is 0 Å². The Labute approximate surface area is 211 Å². The Morgan fingerprint density at radius 2 is 1.81 bits per heavy atom. The highest BCUT2D eigenvalue weighted by molar-refractivity contribution is 5.96. The number of fused-ring (bicyclic) bond motifs is 2. The zero-order valence-electron chi connectivity index (χ0n) is 21.1. The molecule has 7 heteroatoms. The number of nitrogens with one attached hydrogen (secondary N) is 1. The standard InChI is InChI=1S/C29H33N3O4/c1-4-23-25(19(2)36-31-23)28(34)32-16-14-29(15-17-32)22-13-9-8-12-21(22)26(27(29)35-3)30-24(33)18-20-10-6-5-7-11-20/h5-13,26-27H,4,14-18H2,1-3H3,(H,30,33)/t26-,27+/m1/s1. The van der Waals surface area contributed by atoms with E-state index in [2.05, 4.69) is 22.6 Å². The number of aryl methyl sites for hydroxylation is 2. The summed E-state index contributed by atoms with van der Waals surface area (Å²) < 4.78 is 11.4. The second-order valence-electron chi connectivity index (χ2n) is 9.81. The molecule has 1 aliphatic carbocycles. The Hall–Kier alpha value is -3.45. The van der Waals surface area contributed by atoms with E-state index in [-0.39, 0.29) is 29.4 Å². The van der Waals surface area contributed by atoms with Gasteiger partial charge in [-0.2, -0.15) is 0 Å². The van der Waals surface area contributed by atoms with E-state index in [0.29, 0.717) is 42.9 Å². The second kappa shape index (κ2) is 9.90. The van der Waals surface area contributed by atoms with Gasteiger partial charge in [-0.1, -0.05) is 66.7 Å². The molecule has 5 rings (SSSR count). The molecule has 1 aliphatic heterocycles. The number of methoxy groups -OCH3 is 1. The molecule has 188 valence electrons. The van der Waals surface area contributed by atoms with E-state index in [9.17, 15) is 9.59 Å². The molecule has 2 aromatic carbocycles. The number of benzene rings is 2. The van der Waals surface area contributed by atoms with Crippen molar-refractivity contribution in [3.05, 3.63) is 88.3 Å². The van der Waals surface area contributed by atoms with Gasteiger partial charge < -0.3 is 19.5 Å². The van der Waals surface area contributed by atoms with E-state index >= 15 is 0 Å². The largest absolute Gasteiger partial charge is 0.378 e. The number of likely N-dealkylation sites (tertiary alicyclic amines) is 1. The number of ether oxygens (including phenoxy) is 1. The van der Waals surface area contributed by atoms with E-state index in [1.54, 1.807) is 14.0 Å². The maximum atomic E-state index is 13.4. The van der Waals surface area contributed by atoms with Crippen LogP contribution in [0.25, 0.3) is 0 Å². The number of hydrogen-bond acceptors (Lipinski definition) is 5. The summed E-state index contributed by atoms with van der Waals surface area (Å²) in [6, 6.07) is 17.8. The first-order valence-electron chi connectivity index (χ1n) is 12.7. The van der Waals surface area contributed by atoms with Gasteiger partial charge >= 0.3 is 0 Å². The number of rotatable bonds is 6. The van der Waals surface area contributed by atoms with Crippen molar-refractivity contribution < 1.29 is 18.8 Å². The molecule has 2 heterocycles. The van der Waals surface area contributed by atoms with Crippen LogP contribution < -0.4 is 5.32 Å². The van der Waals surface area contributed by atoms with Crippen molar-refractivity contribution in [2.75, 3.05) is 20.2 Å². The van der Waals surface area contributed by atoms with Crippen LogP contribution in [0.1, 0.15) is 64.3 Å². The quantitative estimate of drug-likeness (QED) is 0.565. The number of carbonyl (C=O) groups is 2. The number of aromatic nitrogens is 1. The van der Waals surface area contributed by atoms with Gasteiger partial charge in [-0.15, -0.1) is 0 Å². The molecule has 0 radical (unpaired) electrons. The lowest BCUT2D eigenvalue weighted by atomic mass is 9.71. The fraction of sp³-hybridized carbons (Fsp3) is 0.414. The minimum Gasteiger partial charge on any atom is -0.378 e. The lowest BCUT2D eigenvalue weighted by Crippen LogP contribution is -2.51. The van der Waals surface area contributed by atoms with Gasteiger partial charge in [0.15, 0.2) is 0 Å². The molecule has 1 aromatic heterocycles.